The molecule has 0 amide bonds. The van der Waals surface area contributed by atoms with Crippen molar-refractivity contribution in [2.45, 2.75) is 0 Å². The number of esters is 1. The Morgan fingerprint density at radius 3 is 2.56 bits per heavy atom. The molecule has 2 aromatic carbocycles. The number of Topliss-reactive ketones (excluding diaryl/α,β-unsaturated/α-hetero) is 1. The minimum absolute atomic E-state index is 0.317. The van der Waals surface area contributed by atoms with E-state index in [-0.39, 0.29) is 12.4 Å². The molecule has 0 aliphatic carbocycles. The quantitative estimate of drug-likeness (QED) is 0.427. The van der Waals surface area contributed by atoms with Crippen molar-refractivity contribution < 1.29 is 23.8 Å². The standard InChI is InChI=1S/C19H17ClO5/c1-23-15-5-3-4-13(10-15)6-9-19(22)25-12-17(21)14-7-8-18(24-2)16(20)11-14/h3-11H,12H2,1-2H3/b9-6+. The van der Waals surface area contributed by atoms with Crippen molar-refractivity contribution in [2.75, 3.05) is 20.8 Å². The number of ether oxygens (including phenoxy) is 3. The van der Waals surface area contributed by atoms with Crippen LogP contribution in [0, 0.1) is 0 Å². The molecule has 2 aromatic rings. The van der Waals surface area contributed by atoms with Gasteiger partial charge in [-0.15, -0.1) is 0 Å². The first-order chi connectivity index (χ1) is 12.0. The van der Waals surface area contributed by atoms with Crippen molar-refractivity contribution in [1.82, 2.24) is 0 Å². The normalized spacial score (nSPS) is 10.5. The van der Waals surface area contributed by atoms with Crippen molar-refractivity contribution >= 4 is 29.4 Å². The molecule has 6 heteroatoms. The summed E-state index contributed by atoms with van der Waals surface area (Å²) in [5.74, 6) is 0.182. The van der Waals surface area contributed by atoms with Crippen LogP contribution in [0.3, 0.4) is 0 Å². The Morgan fingerprint density at radius 1 is 1.08 bits per heavy atom. The van der Waals surface area contributed by atoms with E-state index in [4.69, 9.17) is 25.8 Å². The molecule has 130 valence electrons. The van der Waals surface area contributed by atoms with Crippen LogP contribution in [0.1, 0.15) is 15.9 Å². The van der Waals surface area contributed by atoms with Gasteiger partial charge in [0.2, 0.25) is 0 Å². The van der Waals surface area contributed by atoms with E-state index in [9.17, 15) is 9.59 Å². The summed E-state index contributed by atoms with van der Waals surface area (Å²) < 4.78 is 15.1. The maximum absolute atomic E-state index is 12.0. The zero-order chi connectivity index (χ0) is 18.2. The number of benzene rings is 2. The van der Waals surface area contributed by atoms with Crippen molar-refractivity contribution in [3.8, 4) is 11.5 Å². The number of ketones is 1. The van der Waals surface area contributed by atoms with E-state index in [1.807, 2.05) is 6.07 Å². The number of hydrogen-bond donors (Lipinski definition) is 0. The van der Waals surface area contributed by atoms with Crippen molar-refractivity contribution in [3.63, 3.8) is 0 Å². The van der Waals surface area contributed by atoms with E-state index < -0.39 is 5.97 Å². The Labute approximate surface area is 150 Å². The molecule has 0 aromatic heterocycles. The van der Waals surface area contributed by atoms with E-state index >= 15 is 0 Å². The molecule has 0 atom stereocenters. The minimum atomic E-state index is -0.615. The smallest absolute Gasteiger partial charge is 0.331 e. The zero-order valence-corrected chi connectivity index (χ0v) is 14.6. The molecule has 25 heavy (non-hydrogen) atoms. The fourth-order valence-corrected chi connectivity index (χ4v) is 2.28. The highest BCUT2D eigenvalue weighted by atomic mass is 35.5. The van der Waals surface area contributed by atoms with Gasteiger partial charge >= 0.3 is 5.97 Å². The monoisotopic (exact) mass is 360 g/mol. The summed E-state index contributed by atoms with van der Waals surface area (Å²) in [7, 11) is 3.05. The lowest BCUT2D eigenvalue weighted by Gasteiger charge is -2.06. The summed E-state index contributed by atoms with van der Waals surface area (Å²) >= 11 is 5.97. The van der Waals surface area contributed by atoms with E-state index in [0.717, 1.165) is 5.56 Å². The molecular weight excluding hydrogens is 344 g/mol. The Kier molecular flexibility index (Phi) is 6.60. The van der Waals surface area contributed by atoms with Gasteiger partial charge in [0.15, 0.2) is 12.4 Å². The van der Waals surface area contributed by atoms with Gasteiger partial charge < -0.3 is 14.2 Å². The molecular formula is C19H17ClO5. The van der Waals surface area contributed by atoms with Crippen LogP contribution in [0.2, 0.25) is 5.02 Å². The second-order valence-electron chi connectivity index (χ2n) is 4.99. The highest BCUT2D eigenvalue weighted by molar-refractivity contribution is 6.32. The highest BCUT2D eigenvalue weighted by Crippen LogP contribution is 2.25. The maximum Gasteiger partial charge on any atom is 0.331 e. The topological polar surface area (TPSA) is 61.8 Å². The molecule has 5 nitrogen and oxygen atoms in total. The molecule has 0 unspecified atom stereocenters. The lowest BCUT2D eigenvalue weighted by molar-refractivity contribution is -0.136. The molecule has 2 rings (SSSR count). The molecule has 0 heterocycles. The largest absolute Gasteiger partial charge is 0.497 e. The van der Waals surface area contributed by atoms with Crippen LogP contribution in [0.25, 0.3) is 6.08 Å². The van der Waals surface area contributed by atoms with Gasteiger partial charge in [0.1, 0.15) is 11.5 Å². The van der Waals surface area contributed by atoms with E-state index in [1.165, 1.54) is 19.3 Å². The van der Waals surface area contributed by atoms with Gasteiger partial charge in [-0.25, -0.2) is 4.79 Å². The molecule has 0 saturated carbocycles. The number of hydrogen-bond acceptors (Lipinski definition) is 5. The molecule has 0 spiro atoms. The van der Waals surface area contributed by atoms with Crippen LogP contribution in [0.5, 0.6) is 11.5 Å². The summed E-state index contributed by atoms with van der Waals surface area (Å²) in [5.41, 5.74) is 1.12. The third-order valence-electron chi connectivity index (χ3n) is 3.32. The van der Waals surface area contributed by atoms with Crippen LogP contribution in [-0.2, 0) is 9.53 Å². The molecule has 0 aliphatic rings. The van der Waals surface area contributed by atoms with E-state index in [0.29, 0.717) is 22.1 Å². The summed E-state index contributed by atoms with van der Waals surface area (Å²) in [5, 5.41) is 0.317. The summed E-state index contributed by atoms with van der Waals surface area (Å²) in [6.45, 7) is -0.371. The van der Waals surface area contributed by atoms with Crippen LogP contribution in [0.15, 0.2) is 48.5 Å². The Bertz CT molecular complexity index is 798. The van der Waals surface area contributed by atoms with Crippen LogP contribution >= 0.6 is 11.6 Å². The Morgan fingerprint density at radius 2 is 1.88 bits per heavy atom. The van der Waals surface area contributed by atoms with Gasteiger partial charge in [0.05, 0.1) is 19.2 Å². The number of halogens is 1. The second-order valence-corrected chi connectivity index (χ2v) is 5.40. The van der Waals surface area contributed by atoms with Crippen molar-refractivity contribution in [3.05, 3.63) is 64.7 Å². The summed E-state index contributed by atoms with van der Waals surface area (Å²) in [6.07, 6.45) is 2.84. The fourth-order valence-electron chi connectivity index (χ4n) is 2.02. The van der Waals surface area contributed by atoms with Crippen LogP contribution < -0.4 is 9.47 Å². The van der Waals surface area contributed by atoms with Crippen molar-refractivity contribution in [2.24, 2.45) is 0 Å². The van der Waals surface area contributed by atoms with E-state index in [1.54, 1.807) is 43.5 Å². The zero-order valence-electron chi connectivity index (χ0n) is 13.8. The molecule has 0 radical (unpaired) electrons. The SMILES string of the molecule is COc1cccc(/C=C/C(=O)OCC(=O)c2ccc(OC)c(Cl)c2)c1. The van der Waals surface area contributed by atoms with Crippen LogP contribution in [0.4, 0.5) is 0 Å². The second kappa shape index (κ2) is 8.89. The Hall–Kier alpha value is -2.79. The van der Waals surface area contributed by atoms with Gasteiger partial charge in [-0.2, -0.15) is 0 Å². The first-order valence-corrected chi connectivity index (χ1v) is 7.77. The average molecular weight is 361 g/mol. The van der Waals surface area contributed by atoms with Crippen LogP contribution in [-0.4, -0.2) is 32.6 Å². The van der Waals surface area contributed by atoms with Gasteiger partial charge in [-0.3, -0.25) is 4.79 Å². The van der Waals surface area contributed by atoms with Gasteiger partial charge in [-0.1, -0.05) is 23.7 Å². The first-order valence-electron chi connectivity index (χ1n) is 7.39. The van der Waals surface area contributed by atoms with Crippen molar-refractivity contribution in [1.29, 1.82) is 0 Å². The maximum atomic E-state index is 12.0. The lowest BCUT2D eigenvalue weighted by atomic mass is 10.1. The predicted molar refractivity (Wildman–Crippen MR) is 95.3 cm³/mol. The fraction of sp³-hybridized carbons (Fsp3) is 0.158. The van der Waals surface area contributed by atoms with Gasteiger partial charge in [0.25, 0.3) is 0 Å². The van der Waals surface area contributed by atoms with E-state index in [2.05, 4.69) is 0 Å². The number of carbonyl (C=O) groups is 2. The first kappa shape index (κ1) is 18.5. The summed E-state index contributed by atoms with van der Waals surface area (Å²) in [6, 6.07) is 11.8. The summed E-state index contributed by atoms with van der Waals surface area (Å²) in [4.78, 5) is 23.8. The molecule has 0 fully saturated rings. The molecule has 0 N–H and O–H groups in total. The third kappa shape index (κ3) is 5.36. The lowest BCUT2D eigenvalue weighted by Crippen LogP contribution is -2.12. The number of carbonyl (C=O) groups excluding carboxylic acids is 2. The molecule has 0 saturated heterocycles. The predicted octanol–water partition coefficient (Wildman–Crippen LogP) is 3.80. The number of methoxy groups -OCH3 is 2. The number of rotatable bonds is 7. The van der Waals surface area contributed by atoms with Gasteiger partial charge in [-0.05, 0) is 42.0 Å². The van der Waals surface area contributed by atoms with Gasteiger partial charge in [0, 0.05) is 11.6 Å². The minimum Gasteiger partial charge on any atom is -0.497 e. The molecule has 0 aliphatic heterocycles. The Balaban J connectivity index is 1.91. The highest BCUT2D eigenvalue weighted by Gasteiger charge is 2.11. The third-order valence-corrected chi connectivity index (χ3v) is 3.62. The molecule has 0 bridgehead atoms. The average Bonchev–Trinajstić information content (AvgIpc) is 2.64.